The van der Waals surface area contributed by atoms with Gasteiger partial charge in [0.1, 0.15) is 10.9 Å². The molecule has 176 valence electrons. The Morgan fingerprint density at radius 1 is 1.18 bits per heavy atom. The number of amides is 1. The van der Waals surface area contributed by atoms with Gasteiger partial charge < -0.3 is 9.32 Å². The van der Waals surface area contributed by atoms with Gasteiger partial charge in [0.25, 0.3) is 5.91 Å². The summed E-state index contributed by atoms with van der Waals surface area (Å²) < 4.78 is 48.2. The number of benzene rings is 1. The Morgan fingerprint density at radius 3 is 2.62 bits per heavy atom. The molecule has 0 spiro atoms. The zero-order valence-corrected chi connectivity index (χ0v) is 19.0. The van der Waals surface area contributed by atoms with Gasteiger partial charge in [0.15, 0.2) is 11.3 Å². The van der Waals surface area contributed by atoms with Crippen LogP contribution >= 0.6 is 11.6 Å². The molecule has 0 radical (unpaired) electrons. The highest BCUT2D eigenvalue weighted by molar-refractivity contribution is 6.33. The van der Waals surface area contributed by atoms with Crippen molar-refractivity contribution in [3.63, 3.8) is 0 Å². The minimum atomic E-state index is -4.70. The lowest BCUT2D eigenvalue weighted by Gasteiger charge is -2.38. The highest BCUT2D eigenvalue weighted by Gasteiger charge is 2.38. The number of carbonyl (C=O) groups is 1. The van der Waals surface area contributed by atoms with Gasteiger partial charge in [0, 0.05) is 18.3 Å². The maximum Gasteiger partial charge on any atom is 0.420 e. The number of piperidine rings is 1. The summed E-state index contributed by atoms with van der Waals surface area (Å²) in [4.78, 5) is 19.4. The molecule has 0 N–H and O–H groups in total. The summed E-state index contributed by atoms with van der Waals surface area (Å²) in [5.41, 5.74) is -0.457. The number of alkyl halides is 3. The Hall–Kier alpha value is -3.26. The number of fused-ring (bicyclic) bond motifs is 1. The summed E-state index contributed by atoms with van der Waals surface area (Å²) in [7, 11) is 0. The van der Waals surface area contributed by atoms with E-state index in [0.717, 1.165) is 28.9 Å². The predicted octanol–water partition coefficient (Wildman–Crippen LogP) is 6.88. The third-order valence-corrected chi connectivity index (χ3v) is 6.65. The number of furan rings is 1. The van der Waals surface area contributed by atoms with Crippen LogP contribution in [0.4, 0.5) is 13.2 Å². The normalized spacial score (nSPS) is 19.0. The van der Waals surface area contributed by atoms with E-state index in [1.807, 2.05) is 30.3 Å². The summed E-state index contributed by atoms with van der Waals surface area (Å²) in [6, 6.07) is 13.5. The van der Waals surface area contributed by atoms with E-state index in [1.54, 1.807) is 17.0 Å². The molecule has 1 amide bonds. The number of halogens is 4. The van der Waals surface area contributed by atoms with Gasteiger partial charge in [-0.25, -0.2) is 4.98 Å². The van der Waals surface area contributed by atoms with Crippen LogP contribution < -0.4 is 0 Å². The van der Waals surface area contributed by atoms with Gasteiger partial charge in [0.05, 0.1) is 17.9 Å². The molecule has 2 unspecified atom stereocenters. The van der Waals surface area contributed by atoms with Crippen molar-refractivity contribution in [2.75, 3.05) is 6.54 Å². The van der Waals surface area contributed by atoms with E-state index in [2.05, 4.69) is 11.9 Å². The van der Waals surface area contributed by atoms with Gasteiger partial charge in [-0.2, -0.15) is 13.2 Å². The Morgan fingerprint density at radius 2 is 1.94 bits per heavy atom. The third kappa shape index (κ3) is 3.96. The first-order valence-corrected chi connectivity index (χ1v) is 11.3. The first-order valence-electron chi connectivity index (χ1n) is 10.9. The molecule has 34 heavy (non-hydrogen) atoms. The Kier molecular flexibility index (Phi) is 5.64. The highest BCUT2D eigenvalue weighted by Crippen LogP contribution is 2.39. The first-order chi connectivity index (χ1) is 16.2. The SMILES string of the molecule is CC1CCN(C(=O)c2nc3c(C(F)(F)F)cc(-c4ccco4)cn3c2Cl)C(c2ccccc2)C1. The molecule has 1 saturated heterocycles. The van der Waals surface area contributed by atoms with Gasteiger partial charge in [-0.05, 0) is 42.5 Å². The van der Waals surface area contributed by atoms with E-state index in [1.165, 1.54) is 12.5 Å². The molecule has 9 heteroatoms. The third-order valence-electron chi connectivity index (χ3n) is 6.29. The van der Waals surface area contributed by atoms with Crippen molar-refractivity contribution in [2.24, 2.45) is 5.92 Å². The number of pyridine rings is 1. The minimum absolute atomic E-state index is 0.163. The molecule has 1 aliphatic heterocycles. The molecule has 0 aliphatic carbocycles. The Labute approximate surface area is 198 Å². The largest absolute Gasteiger partial charge is 0.464 e. The molecule has 1 aliphatic rings. The predicted molar refractivity (Wildman–Crippen MR) is 122 cm³/mol. The van der Waals surface area contributed by atoms with E-state index in [-0.39, 0.29) is 28.2 Å². The van der Waals surface area contributed by atoms with Gasteiger partial charge in [0.2, 0.25) is 0 Å². The standard InChI is InChI=1S/C25H21ClF3N3O2/c1-15-9-10-31(19(12-15)16-6-3-2-4-7-16)24(33)21-22(26)32-14-17(20-8-5-11-34-20)13-18(23(32)30-21)25(27,28)29/h2-8,11,13-15,19H,9-10,12H2,1H3. The van der Waals surface area contributed by atoms with Crippen molar-refractivity contribution < 1.29 is 22.4 Å². The molecule has 0 saturated carbocycles. The number of carbonyl (C=O) groups excluding carboxylic acids is 1. The summed E-state index contributed by atoms with van der Waals surface area (Å²) in [5, 5.41) is -0.163. The van der Waals surface area contributed by atoms with Crippen molar-refractivity contribution >= 4 is 23.2 Å². The number of rotatable bonds is 3. The lowest BCUT2D eigenvalue weighted by Crippen LogP contribution is -2.41. The average molecular weight is 488 g/mol. The van der Waals surface area contributed by atoms with E-state index in [0.29, 0.717) is 12.5 Å². The maximum atomic E-state index is 13.9. The molecular formula is C25H21ClF3N3O2. The molecular weight excluding hydrogens is 467 g/mol. The Bertz CT molecular complexity index is 1330. The first kappa shape index (κ1) is 22.5. The summed E-state index contributed by atoms with van der Waals surface area (Å²) in [6.45, 7) is 2.59. The van der Waals surface area contributed by atoms with Crippen molar-refractivity contribution in [2.45, 2.75) is 32.0 Å². The van der Waals surface area contributed by atoms with Crippen LogP contribution in [0.15, 0.2) is 65.4 Å². The second kappa shape index (κ2) is 8.51. The number of nitrogens with zero attached hydrogens (tertiary/aromatic N) is 3. The molecule has 2 atom stereocenters. The number of hydrogen-bond acceptors (Lipinski definition) is 3. The molecule has 0 bridgehead atoms. The number of hydrogen-bond donors (Lipinski definition) is 0. The second-order valence-corrected chi connectivity index (χ2v) is 8.97. The van der Waals surface area contributed by atoms with E-state index in [4.69, 9.17) is 16.0 Å². The quantitative estimate of drug-likeness (QED) is 0.316. The summed E-state index contributed by atoms with van der Waals surface area (Å²) >= 11 is 6.50. The average Bonchev–Trinajstić information content (AvgIpc) is 3.47. The van der Waals surface area contributed by atoms with Crippen molar-refractivity contribution in [3.05, 3.63) is 83.0 Å². The van der Waals surface area contributed by atoms with Gasteiger partial charge in [-0.3, -0.25) is 9.20 Å². The summed E-state index contributed by atoms with van der Waals surface area (Å²) in [6.07, 6.45) is -0.388. The molecule has 4 aromatic rings. The molecule has 4 heterocycles. The van der Waals surface area contributed by atoms with Crippen LogP contribution in [0.1, 0.15) is 47.4 Å². The monoisotopic (exact) mass is 487 g/mol. The number of imidazole rings is 1. The topological polar surface area (TPSA) is 50.8 Å². The lowest BCUT2D eigenvalue weighted by molar-refractivity contribution is -0.136. The minimum Gasteiger partial charge on any atom is -0.464 e. The molecule has 1 aromatic carbocycles. The molecule has 3 aromatic heterocycles. The summed E-state index contributed by atoms with van der Waals surface area (Å²) in [5.74, 6) is 0.166. The fourth-order valence-corrected chi connectivity index (χ4v) is 4.80. The van der Waals surface area contributed by atoms with Crippen LogP contribution in [0.25, 0.3) is 17.0 Å². The van der Waals surface area contributed by atoms with Crippen LogP contribution in [-0.2, 0) is 6.18 Å². The van der Waals surface area contributed by atoms with Crippen LogP contribution in [0.2, 0.25) is 5.15 Å². The fourth-order valence-electron chi connectivity index (χ4n) is 4.55. The van der Waals surface area contributed by atoms with Crippen molar-refractivity contribution in [3.8, 4) is 11.3 Å². The lowest BCUT2D eigenvalue weighted by atomic mass is 9.88. The second-order valence-electron chi connectivity index (χ2n) is 8.62. The molecule has 5 rings (SSSR count). The van der Waals surface area contributed by atoms with E-state index in [9.17, 15) is 18.0 Å². The smallest absolute Gasteiger partial charge is 0.420 e. The number of likely N-dealkylation sites (tertiary alicyclic amines) is 1. The van der Waals surface area contributed by atoms with Gasteiger partial charge >= 0.3 is 6.18 Å². The van der Waals surface area contributed by atoms with Crippen LogP contribution in [0, 0.1) is 5.92 Å². The zero-order chi connectivity index (χ0) is 24.0. The Balaban J connectivity index is 1.62. The van der Waals surface area contributed by atoms with E-state index < -0.39 is 23.3 Å². The maximum absolute atomic E-state index is 13.9. The fraction of sp³-hybridized carbons (Fsp3) is 0.280. The van der Waals surface area contributed by atoms with Crippen molar-refractivity contribution in [1.29, 1.82) is 0 Å². The van der Waals surface area contributed by atoms with Gasteiger partial charge in [-0.15, -0.1) is 0 Å². The highest BCUT2D eigenvalue weighted by atomic mass is 35.5. The van der Waals surface area contributed by atoms with Crippen molar-refractivity contribution in [1.82, 2.24) is 14.3 Å². The molecule has 1 fully saturated rings. The van der Waals surface area contributed by atoms with Crippen LogP contribution in [0.5, 0.6) is 0 Å². The number of aromatic nitrogens is 2. The van der Waals surface area contributed by atoms with Gasteiger partial charge in [-0.1, -0.05) is 48.9 Å². The van der Waals surface area contributed by atoms with Crippen LogP contribution in [0.3, 0.4) is 0 Å². The zero-order valence-electron chi connectivity index (χ0n) is 18.2. The van der Waals surface area contributed by atoms with Crippen LogP contribution in [-0.4, -0.2) is 26.7 Å². The molecule has 5 nitrogen and oxygen atoms in total. The van der Waals surface area contributed by atoms with E-state index >= 15 is 0 Å².